The maximum atomic E-state index is 13.2. The summed E-state index contributed by atoms with van der Waals surface area (Å²) in [6.07, 6.45) is -5.02. The van der Waals surface area contributed by atoms with Gasteiger partial charge in [-0.05, 0) is 29.8 Å². The van der Waals surface area contributed by atoms with E-state index in [0.717, 1.165) is 24.3 Å². The number of halogens is 5. The van der Waals surface area contributed by atoms with Gasteiger partial charge in [-0.2, -0.15) is 13.2 Å². The average Bonchev–Trinajstić information content (AvgIpc) is 2.56. The maximum Gasteiger partial charge on any atom is 0.416 e. The van der Waals surface area contributed by atoms with Crippen LogP contribution in [0.15, 0.2) is 42.5 Å². The number of hydrogen-bond donors (Lipinski definition) is 2. The van der Waals surface area contributed by atoms with Gasteiger partial charge in [0.25, 0.3) is 5.91 Å². The number of aliphatic carboxylic acids is 1. The first-order chi connectivity index (χ1) is 12.1. The summed E-state index contributed by atoms with van der Waals surface area (Å²) < 4.78 is 64.2. The molecule has 0 aliphatic rings. The summed E-state index contributed by atoms with van der Waals surface area (Å²) in [6, 6.07) is 4.71. The highest BCUT2D eigenvalue weighted by atomic mass is 19.4. The molecule has 4 nitrogen and oxygen atoms in total. The molecule has 2 rings (SSSR count). The Hall–Kier alpha value is -2.97. The van der Waals surface area contributed by atoms with Crippen molar-refractivity contribution in [2.24, 2.45) is 0 Å². The summed E-state index contributed by atoms with van der Waals surface area (Å²) in [5.74, 6) is -4.95. The lowest BCUT2D eigenvalue weighted by Crippen LogP contribution is -2.42. The summed E-state index contributed by atoms with van der Waals surface area (Å²) in [5.41, 5.74) is -1.23. The lowest BCUT2D eigenvalue weighted by Gasteiger charge is -2.16. The van der Waals surface area contributed by atoms with Crippen molar-refractivity contribution < 1.29 is 36.6 Å². The van der Waals surface area contributed by atoms with Gasteiger partial charge in [0.15, 0.2) is 11.6 Å². The zero-order chi connectivity index (χ0) is 19.5. The van der Waals surface area contributed by atoms with E-state index in [-0.39, 0.29) is 11.1 Å². The van der Waals surface area contributed by atoms with Gasteiger partial charge >= 0.3 is 12.1 Å². The van der Waals surface area contributed by atoms with Crippen molar-refractivity contribution in [2.75, 3.05) is 0 Å². The van der Waals surface area contributed by atoms with Gasteiger partial charge in [-0.25, -0.2) is 13.6 Å². The minimum absolute atomic E-state index is 0.0396. The molecular formula is C17H12F5NO3. The van der Waals surface area contributed by atoms with Gasteiger partial charge in [0.05, 0.1) is 5.56 Å². The Bertz CT molecular complexity index is 835. The van der Waals surface area contributed by atoms with Gasteiger partial charge in [-0.3, -0.25) is 4.79 Å². The van der Waals surface area contributed by atoms with E-state index in [1.807, 2.05) is 0 Å². The fourth-order valence-corrected chi connectivity index (χ4v) is 2.19. The van der Waals surface area contributed by atoms with Gasteiger partial charge in [0.2, 0.25) is 0 Å². The molecule has 0 heterocycles. The third-order valence-electron chi connectivity index (χ3n) is 3.48. The molecule has 2 aromatic rings. The predicted octanol–water partition coefficient (Wildman–Crippen LogP) is 3.41. The SMILES string of the molecule is O=C(N[C@@H](Cc1cccc(C(F)(F)F)c1)C(=O)O)c1ccc(F)c(F)c1. The molecule has 0 saturated carbocycles. The number of carboxylic acid groups (broad SMARTS) is 1. The van der Waals surface area contributed by atoms with Crippen molar-refractivity contribution in [2.45, 2.75) is 18.6 Å². The molecule has 0 aliphatic carbocycles. The number of nitrogens with one attached hydrogen (secondary N) is 1. The molecular weight excluding hydrogens is 361 g/mol. The van der Waals surface area contributed by atoms with Gasteiger partial charge in [0.1, 0.15) is 6.04 Å². The molecule has 1 amide bonds. The minimum atomic E-state index is -4.59. The lowest BCUT2D eigenvalue weighted by atomic mass is 10.0. The van der Waals surface area contributed by atoms with Crippen molar-refractivity contribution in [3.05, 3.63) is 70.8 Å². The van der Waals surface area contributed by atoms with Crippen LogP contribution in [0.1, 0.15) is 21.5 Å². The molecule has 138 valence electrons. The van der Waals surface area contributed by atoms with Crippen molar-refractivity contribution in [3.8, 4) is 0 Å². The topological polar surface area (TPSA) is 66.4 Å². The maximum absolute atomic E-state index is 13.2. The number of amides is 1. The highest BCUT2D eigenvalue weighted by molar-refractivity contribution is 5.96. The normalized spacial score (nSPS) is 12.5. The van der Waals surface area contributed by atoms with Crippen LogP contribution in [0.2, 0.25) is 0 Å². The number of alkyl halides is 3. The monoisotopic (exact) mass is 373 g/mol. The van der Waals surface area contributed by atoms with Crippen LogP contribution in [0, 0.1) is 11.6 Å². The molecule has 9 heteroatoms. The van der Waals surface area contributed by atoms with Crippen molar-refractivity contribution in [1.82, 2.24) is 5.32 Å². The zero-order valence-corrected chi connectivity index (χ0v) is 13.0. The number of benzene rings is 2. The molecule has 0 aliphatic heterocycles. The lowest BCUT2D eigenvalue weighted by molar-refractivity contribution is -0.139. The highest BCUT2D eigenvalue weighted by Crippen LogP contribution is 2.29. The van der Waals surface area contributed by atoms with Crippen molar-refractivity contribution in [3.63, 3.8) is 0 Å². The van der Waals surface area contributed by atoms with Crippen LogP contribution >= 0.6 is 0 Å². The molecule has 0 saturated heterocycles. The quantitative estimate of drug-likeness (QED) is 0.790. The summed E-state index contributed by atoms with van der Waals surface area (Å²) in [6.45, 7) is 0. The third kappa shape index (κ3) is 4.78. The second kappa shape index (κ2) is 7.51. The van der Waals surface area contributed by atoms with E-state index in [4.69, 9.17) is 0 Å². The molecule has 0 fully saturated rings. The van der Waals surface area contributed by atoms with Crippen LogP contribution in [-0.2, 0) is 17.4 Å². The minimum Gasteiger partial charge on any atom is -0.480 e. The first kappa shape index (κ1) is 19.4. The van der Waals surface area contributed by atoms with E-state index >= 15 is 0 Å². The molecule has 0 spiro atoms. The second-order valence-corrected chi connectivity index (χ2v) is 5.40. The van der Waals surface area contributed by atoms with Gasteiger partial charge < -0.3 is 10.4 Å². The summed E-state index contributed by atoms with van der Waals surface area (Å²) in [7, 11) is 0. The molecule has 0 unspecified atom stereocenters. The Morgan fingerprint density at radius 3 is 2.31 bits per heavy atom. The van der Waals surface area contributed by atoms with E-state index in [0.29, 0.717) is 12.1 Å². The molecule has 1 atom stereocenters. The average molecular weight is 373 g/mol. The zero-order valence-electron chi connectivity index (χ0n) is 13.0. The van der Waals surface area contributed by atoms with Crippen LogP contribution in [-0.4, -0.2) is 23.0 Å². The predicted molar refractivity (Wildman–Crippen MR) is 80.4 cm³/mol. The Morgan fingerprint density at radius 2 is 1.73 bits per heavy atom. The van der Waals surface area contributed by atoms with Crippen LogP contribution < -0.4 is 5.32 Å². The third-order valence-corrected chi connectivity index (χ3v) is 3.48. The number of carbonyl (C=O) groups excluding carboxylic acids is 1. The number of hydrogen-bond acceptors (Lipinski definition) is 2. The molecule has 0 aromatic heterocycles. The van der Waals surface area contributed by atoms with E-state index < -0.39 is 47.7 Å². The van der Waals surface area contributed by atoms with E-state index in [1.54, 1.807) is 0 Å². The molecule has 0 radical (unpaired) electrons. The first-order valence-corrected chi connectivity index (χ1v) is 7.23. The number of carboxylic acids is 1. The fraction of sp³-hybridized carbons (Fsp3) is 0.176. The molecule has 0 bridgehead atoms. The van der Waals surface area contributed by atoms with E-state index in [1.165, 1.54) is 6.07 Å². The Morgan fingerprint density at radius 1 is 1.04 bits per heavy atom. The summed E-state index contributed by atoms with van der Waals surface area (Å²) in [4.78, 5) is 23.3. The van der Waals surface area contributed by atoms with Crippen LogP contribution in [0.3, 0.4) is 0 Å². The highest BCUT2D eigenvalue weighted by Gasteiger charge is 2.31. The molecule has 2 aromatic carbocycles. The Labute approximate surface area is 144 Å². The molecule has 2 N–H and O–H groups in total. The number of carbonyl (C=O) groups is 2. The standard InChI is InChI=1S/C17H12F5NO3/c18-12-5-4-10(8-13(12)19)15(24)23-14(16(25)26)7-9-2-1-3-11(6-9)17(20,21)22/h1-6,8,14H,7H2,(H,23,24)(H,25,26)/t14-/m0/s1. The van der Waals surface area contributed by atoms with E-state index in [2.05, 4.69) is 5.32 Å². The van der Waals surface area contributed by atoms with Gasteiger partial charge in [0, 0.05) is 12.0 Å². The van der Waals surface area contributed by atoms with Crippen LogP contribution in [0.4, 0.5) is 22.0 Å². The van der Waals surface area contributed by atoms with Crippen molar-refractivity contribution >= 4 is 11.9 Å². The van der Waals surface area contributed by atoms with Crippen LogP contribution in [0.25, 0.3) is 0 Å². The second-order valence-electron chi connectivity index (χ2n) is 5.40. The summed E-state index contributed by atoms with van der Waals surface area (Å²) in [5, 5.41) is 11.3. The van der Waals surface area contributed by atoms with Gasteiger partial charge in [-0.15, -0.1) is 0 Å². The summed E-state index contributed by atoms with van der Waals surface area (Å²) >= 11 is 0. The largest absolute Gasteiger partial charge is 0.480 e. The van der Waals surface area contributed by atoms with Crippen LogP contribution in [0.5, 0.6) is 0 Å². The van der Waals surface area contributed by atoms with Crippen molar-refractivity contribution in [1.29, 1.82) is 0 Å². The van der Waals surface area contributed by atoms with E-state index in [9.17, 15) is 36.6 Å². The Kier molecular flexibility index (Phi) is 5.59. The fourth-order valence-electron chi connectivity index (χ4n) is 2.19. The van der Waals surface area contributed by atoms with Gasteiger partial charge in [-0.1, -0.05) is 18.2 Å². The first-order valence-electron chi connectivity index (χ1n) is 7.23. The Balaban J connectivity index is 2.18. The molecule has 26 heavy (non-hydrogen) atoms. The number of rotatable bonds is 5. The smallest absolute Gasteiger partial charge is 0.416 e.